The quantitative estimate of drug-likeness (QED) is 0.261. The molecule has 0 radical (unpaired) electrons. The highest BCUT2D eigenvalue weighted by Gasteiger charge is 2.36. The first-order valence-corrected chi connectivity index (χ1v) is 14.6. The number of benzene rings is 1. The van der Waals surface area contributed by atoms with Gasteiger partial charge in [0.2, 0.25) is 5.82 Å². The number of imidazole rings is 1. The molecule has 1 aromatic carbocycles. The van der Waals surface area contributed by atoms with Crippen molar-refractivity contribution in [2.24, 2.45) is 17.8 Å². The van der Waals surface area contributed by atoms with Crippen LogP contribution in [0.25, 0.3) is 22.6 Å². The number of unbranched alkanes of at least 4 members (excludes halogenated alkanes) is 1. The van der Waals surface area contributed by atoms with Crippen LogP contribution in [0.3, 0.4) is 0 Å². The summed E-state index contributed by atoms with van der Waals surface area (Å²) in [5.41, 5.74) is 4.94. The molecule has 206 valence electrons. The molecule has 3 unspecified atom stereocenters. The number of H-pyrrole nitrogens is 1. The van der Waals surface area contributed by atoms with Crippen LogP contribution in [0.4, 0.5) is 0 Å². The number of hydrogen-bond acceptors (Lipinski definition) is 5. The molecule has 1 N–H and O–H groups in total. The third-order valence-corrected chi connectivity index (χ3v) is 8.56. The monoisotopic (exact) mass is 527 g/mol. The number of nitrogens with one attached hydrogen (secondary N) is 1. The number of aromatic nitrogens is 7. The number of hydrogen-bond donors (Lipinski definition) is 1. The SMILES string of the molecule is CCCCc1cn(C2C(CC)CCCC2C(C)C)c(=O)n1Cc1ccc(-c2ccccc2-c2nn[nH]n2)nc1. The minimum atomic E-state index is 0.128. The first kappa shape index (κ1) is 27.0. The molecule has 0 bridgehead atoms. The highest BCUT2D eigenvalue weighted by atomic mass is 16.1. The summed E-state index contributed by atoms with van der Waals surface area (Å²) in [5.74, 6) is 2.19. The number of nitrogens with zero attached hydrogens (tertiary/aromatic N) is 6. The van der Waals surface area contributed by atoms with E-state index in [-0.39, 0.29) is 11.7 Å². The lowest BCUT2D eigenvalue weighted by atomic mass is 9.71. The Kier molecular flexibility index (Phi) is 8.38. The Morgan fingerprint density at radius 3 is 2.56 bits per heavy atom. The summed E-state index contributed by atoms with van der Waals surface area (Å²) >= 11 is 0. The number of rotatable bonds is 10. The van der Waals surface area contributed by atoms with Crippen molar-refractivity contribution in [3.05, 3.63) is 70.5 Å². The second-order valence-electron chi connectivity index (χ2n) is 11.3. The van der Waals surface area contributed by atoms with Crippen molar-refractivity contribution in [3.63, 3.8) is 0 Å². The summed E-state index contributed by atoms with van der Waals surface area (Å²) in [6.07, 6.45) is 12.0. The molecule has 1 fully saturated rings. The van der Waals surface area contributed by atoms with Crippen LogP contribution >= 0.6 is 0 Å². The molecule has 0 amide bonds. The maximum atomic E-state index is 14.0. The second-order valence-corrected chi connectivity index (χ2v) is 11.3. The Morgan fingerprint density at radius 1 is 1.08 bits per heavy atom. The Morgan fingerprint density at radius 2 is 1.90 bits per heavy atom. The third kappa shape index (κ3) is 5.60. The van der Waals surface area contributed by atoms with Gasteiger partial charge in [0.05, 0.1) is 12.2 Å². The van der Waals surface area contributed by atoms with Crippen LogP contribution in [0.1, 0.15) is 83.5 Å². The largest absolute Gasteiger partial charge is 0.328 e. The van der Waals surface area contributed by atoms with Crippen LogP contribution < -0.4 is 5.69 Å². The molecule has 0 aliphatic heterocycles. The van der Waals surface area contributed by atoms with Gasteiger partial charge >= 0.3 is 5.69 Å². The number of aromatic amines is 1. The summed E-state index contributed by atoms with van der Waals surface area (Å²) in [7, 11) is 0. The smallest absolute Gasteiger partial charge is 0.295 e. The van der Waals surface area contributed by atoms with E-state index in [4.69, 9.17) is 4.98 Å². The van der Waals surface area contributed by atoms with Gasteiger partial charge in [-0.25, -0.2) is 4.79 Å². The molecule has 1 aliphatic rings. The normalized spacial score (nSPS) is 19.6. The molecule has 3 aromatic heterocycles. The Labute approximate surface area is 230 Å². The van der Waals surface area contributed by atoms with Crippen molar-refractivity contribution in [1.29, 1.82) is 0 Å². The van der Waals surface area contributed by atoms with Crippen LogP contribution in [0.2, 0.25) is 0 Å². The first-order valence-electron chi connectivity index (χ1n) is 14.6. The topological polar surface area (TPSA) is 94.3 Å². The summed E-state index contributed by atoms with van der Waals surface area (Å²) in [4.78, 5) is 18.8. The molecule has 8 nitrogen and oxygen atoms in total. The number of pyridine rings is 1. The fourth-order valence-electron chi connectivity index (χ4n) is 6.44. The highest BCUT2D eigenvalue weighted by Crippen LogP contribution is 2.43. The van der Waals surface area contributed by atoms with E-state index in [1.54, 1.807) is 0 Å². The lowest BCUT2D eigenvalue weighted by molar-refractivity contribution is 0.113. The van der Waals surface area contributed by atoms with Gasteiger partial charge in [0.15, 0.2) is 0 Å². The fraction of sp³-hybridized carbons (Fsp3) is 0.516. The van der Waals surface area contributed by atoms with Crippen LogP contribution in [0.5, 0.6) is 0 Å². The first-order chi connectivity index (χ1) is 19.0. The van der Waals surface area contributed by atoms with E-state index in [9.17, 15) is 4.79 Å². The van der Waals surface area contributed by atoms with E-state index < -0.39 is 0 Å². The van der Waals surface area contributed by atoms with Gasteiger partial charge in [0, 0.05) is 35.3 Å². The van der Waals surface area contributed by atoms with E-state index in [1.165, 1.54) is 19.3 Å². The summed E-state index contributed by atoms with van der Waals surface area (Å²) in [6.45, 7) is 9.65. The molecule has 3 atom stereocenters. The zero-order valence-corrected chi connectivity index (χ0v) is 23.7. The van der Waals surface area contributed by atoms with Gasteiger partial charge in [0.25, 0.3) is 0 Å². The number of tetrazole rings is 1. The van der Waals surface area contributed by atoms with Gasteiger partial charge in [-0.15, -0.1) is 10.2 Å². The van der Waals surface area contributed by atoms with Crippen molar-refractivity contribution in [3.8, 4) is 22.6 Å². The van der Waals surface area contributed by atoms with Gasteiger partial charge < -0.3 is 0 Å². The Bertz CT molecular complexity index is 1400. The van der Waals surface area contributed by atoms with Crippen LogP contribution in [0.15, 0.2) is 53.6 Å². The van der Waals surface area contributed by atoms with Gasteiger partial charge in [-0.05, 0) is 60.3 Å². The molecular formula is C31H41N7O. The lowest BCUT2D eigenvalue weighted by Crippen LogP contribution is -2.39. The van der Waals surface area contributed by atoms with Crippen LogP contribution in [0, 0.1) is 17.8 Å². The van der Waals surface area contributed by atoms with Crippen LogP contribution in [-0.4, -0.2) is 34.7 Å². The van der Waals surface area contributed by atoms with E-state index in [0.717, 1.165) is 53.8 Å². The molecule has 0 spiro atoms. The maximum Gasteiger partial charge on any atom is 0.328 e. The van der Waals surface area contributed by atoms with E-state index in [1.807, 2.05) is 41.1 Å². The van der Waals surface area contributed by atoms with Crippen LogP contribution in [-0.2, 0) is 13.0 Å². The van der Waals surface area contributed by atoms with E-state index >= 15 is 0 Å². The Hall–Kier alpha value is -3.55. The van der Waals surface area contributed by atoms with E-state index in [2.05, 4.69) is 65.1 Å². The summed E-state index contributed by atoms with van der Waals surface area (Å²) in [5, 5.41) is 14.5. The zero-order chi connectivity index (χ0) is 27.4. The third-order valence-electron chi connectivity index (χ3n) is 8.56. The van der Waals surface area contributed by atoms with Gasteiger partial charge in [-0.2, -0.15) is 5.21 Å². The molecule has 8 heteroatoms. The predicted molar refractivity (Wildman–Crippen MR) is 154 cm³/mol. The maximum absolute atomic E-state index is 14.0. The molecule has 1 aliphatic carbocycles. The van der Waals surface area contributed by atoms with Crippen molar-refractivity contribution in [2.75, 3.05) is 0 Å². The molecule has 0 saturated heterocycles. The van der Waals surface area contributed by atoms with Gasteiger partial charge in [0.1, 0.15) is 0 Å². The van der Waals surface area contributed by atoms with Crippen molar-refractivity contribution in [2.45, 2.75) is 85.2 Å². The summed E-state index contributed by atoms with van der Waals surface area (Å²) < 4.78 is 4.12. The standard InChI is InChI=1S/C31H41N7O/c1-5-7-12-24-20-38(29-23(6-2)11-10-15-25(29)21(3)4)31(39)37(24)19-22-16-17-28(32-18-22)26-13-8-9-14-27(26)30-33-35-36-34-30/h8-9,13-14,16-18,20-21,23,25,29H,5-7,10-12,15,19H2,1-4H3,(H,33,34,35,36). The highest BCUT2D eigenvalue weighted by molar-refractivity contribution is 5.78. The molecular weight excluding hydrogens is 486 g/mol. The Balaban J connectivity index is 1.47. The average Bonchev–Trinajstić information content (AvgIpc) is 3.61. The van der Waals surface area contributed by atoms with E-state index in [0.29, 0.717) is 30.1 Å². The van der Waals surface area contributed by atoms with Gasteiger partial charge in [-0.3, -0.25) is 14.1 Å². The zero-order valence-electron chi connectivity index (χ0n) is 23.7. The summed E-state index contributed by atoms with van der Waals surface area (Å²) in [6, 6.07) is 12.3. The van der Waals surface area contributed by atoms with Crippen molar-refractivity contribution in [1.82, 2.24) is 34.7 Å². The van der Waals surface area contributed by atoms with Crippen molar-refractivity contribution < 1.29 is 0 Å². The molecule has 4 aromatic rings. The fourth-order valence-corrected chi connectivity index (χ4v) is 6.44. The average molecular weight is 528 g/mol. The van der Waals surface area contributed by atoms with Crippen molar-refractivity contribution >= 4 is 0 Å². The molecule has 3 heterocycles. The minimum absolute atomic E-state index is 0.128. The number of aryl methyl sites for hydroxylation is 1. The van der Waals surface area contributed by atoms with Gasteiger partial charge in [-0.1, -0.05) is 77.3 Å². The predicted octanol–water partition coefficient (Wildman–Crippen LogP) is 6.31. The molecule has 1 saturated carbocycles. The lowest BCUT2D eigenvalue weighted by Gasteiger charge is -2.40. The molecule has 39 heavy (non-hydrogen) atoms. The minimum Gasteiger partial charge on any atom is -0.295 e. The second kappa shape index (κ2) is 12.1. The molecule has 5 rings (SSSR count).